The zero-order valence-corrected chi connectivity index (χ0v) is 8.36. The summed E-state index contributed by atoms with van der Waals surface area (Å²) < 4.78 is 4.71. The van der Waals surface area contributed by atoms with Crippen molar-refractivity contribution in [2.45, 2.75) is 13.5 Å². The number of phenolic OH excluding ortho intramolecular Hbond substituents is 2. The van der Waals surface area contributed by atoms with E-state index in [2.05, 4.69) is 0 Å². The highest BCUT2D eigenvalue weighted by molar-refractivity contribution is 5.93. The molecule has 1 aromatic rings. The molecule has 0 aromatic heterocycles. The maximum Gasteiger partial charge on any atom is 0.342 e. The van der Waals surface area contributed by atoms with Crippen LogP contribution >= 0.6 is 0 Å². The highest BCUT2D eigenvalue weighted by Gasteiger charge is 2.16. The van der Waals surface area contributed by atoms with Gasteiger partial charge in [0.25, 0.3) is 0 Å². The minimum Gasteiger partial charge on any atom is -0.508 e. The van der Waals surface area contributed by atoms with Crippen LogP contribution < -0.4 is 5.73 Å². The molecule has 0 saturated carbocycles. The Hall–Kier alpha value is -1.75. The molecule has 0 fully saturated rings. The Balaban J connectivity index is 3.17. The van der Waals surface area contributed by atoms with E-state index in [0.29, 0.717) is 5.56 Å². The molecule has 0 atom stereocenters. The lowest BCUT2D eigenvalue weighted by atomic mass is 10.1. The van der Waals surface area contributed by atoms with Gasteiger partial charge in [-0.3, -0.25) is 0 Å². The van der Waals surface area contributed by atoms with E-state index < -0.39 is 5.97 Å². The number of hydrogen-bond donors (Lipinski definition) is 3. The van der Waals surface area contributed by atoms with Crippen LogP contribution in [0.25, 0.3) is 0 Å². The first kappa shape index (κ1) is 11.3. The number of nitrogens with two attached hydrogens (primary N) is 1. The average Bonchev–Trinajstić information content (AvgIpc) is 2.21. The maximum atomic E-state index is 11.4. The summed E-state index contributed by atoms with van der Waals surface area (Å²) in [4.78, 5) is 11.4. The normalized spacial score (nSPS) is 10.0. The molecule has 0 amide bonds. The zero-order valence-electron chi connectivity index (χ0n) is 8.36. The van der Waals surface area contributed by atoms with Crippen molar-refractivity contribution in [3.05, 3.63) is 23.3 Å². The fraction of sp³-hybridized carbons (Fsp3) is 0.300. The lowest BCUT2D eigenvalue weighted by molar-refractivity contribution is 0.0522. The molecule has 1 rings (SSSR count). The molecule has 4 N–H and O–H groups in total. The molecule has 5 nitrogen and oxygen atoms in total. The fourth-order valence-corrected chi connectivity index (χ4v) is 1.20. The van der Waals surface area contributed by atoms with Crippen LogP contribution in [0.5, 0.6) is 11.5 Å². The molecule has 0 aliphatic heterocycles. The number of benzene rings is 1. The van der Waals surface area contributed by atoms with Crippen LogP contribution in [0.15, 0.2) is 12.1 Å². The van der Waals surface area contributed by atoms with Crippen molar-refractivity contribution < 1.29 is 19.7 Å². The molecular formula is C10H13NO4. The summed E-state index contributed by atoms with van der Waals surface area (Å²) in [6, 6.07) is 2.45. The van der Waals surface area contributed by atoms with E-state index in [-0.39, 0.29) is 30.2 Å². The highest BCUT2D eigenvalue weighted by atomic mass is 16.5. The van der Waals surface area contributed by atoms with Gasteiger partial charge in [-0.1, -0.05) is 0 Å². The van der Waals surface area contributed by atoms with E-state index in [1.165, 1.54) is 6.07 Å². The number of carbonyl (C=O) groups is 1. The summed E-state index contributed by atoms with van der Waals surface area (Å²) in [6.45, 7) is 1.89. The van der Waals surface area contributed by atoms with Crippen LogP contribution in [0, 0.1) is 0 Å². The highest BCUT2D eigenvalue weighted by Crippen LogP contribution is 2.28. The van der Waals surface area contributed by atoms with E-state index in [0.717, 1.165) is 6.07 Å². The number of hydrogen-bond acceptors (Lipinski definition) is 5. The Kier molecular flexibility index (Phi) is 3.51. The van der Waals surface area contributed by atoms with Gasteiger partial charge in [0.1, 0.15) is 17.1 Å². The van der Waals surface area contributed by atoms with Gasteiger partial charge in [0.2, 0.25) is 0 Å². The van der Waals surface area contributed by atoms with Crippen molar-refractivity contribution in [1.29, 1.82) is 0 Å². The fourth-order valence-electron chi connectivity index (χ4n) is 1.20. The third kappa shape index (κ3) is 2.38. The van der Waals surface area contributed by atoms with Crippen molar-refractivity contribution in [3.8, 4) is 11.5 Å². The van der Waals surface area contributed by atoms with Crippen molar-refractivity contribution in [1.82, 2.24) is 0 Å². The van der Waals surface area contributed by atoms with Gasteiger partial charge < -0.3 is 20.7 Å². The Morgan fingerprint density at radius 1 is 1.47 bits per heavy atom. The van der Waals surface area contributed by atoms with Gasteiger partial charge in [-0.25, -0.2) is 4.79 Å². The lowest BCUT2D eigenvalue weighted by Gasteiger charge is -2.08. The zero-order chi connectivity index (χ0) is 11.4. The number of ether oxygens (including phenoxy) is 1. The van der Waals surface area contributed by atoms with Gasteiger partial charge in [-0.2, -0.15) is 0 Å². The second-order valence-corrected chi connectivity index (χ2v) is 2.93. The van der Waals surface area contributed by atoms with Gasteiger partial charge >= 0.3 is 5.97 Å². The molecule has 0 saturated heterocycles. The van der Waals surface area contributed by atoms with Crippen LogP contribution in [0.3, 0.4) is 0 Å². The molecule has 0 bridgehead atoms. The molecule has 0 aliphatic rings. The Morgan fingerprint density at radius 3 is 2.67 bits per heavy atom. The van der Waals surface area contributed by atoms with Crippen LogP contribution in [0.4, 0.5) is 0 Å². The van der Waals surface area contributed by atoms with Crippen LogP contribution in [0.1, 0.15) is 22.8 Å². The minimum absolute atomic E-state index is 0.0344. The number of aromatic hydroxyl groups is 2. The minimum atomic E-state index is -0.680. The average molecular weight is 211 g/mol. The molecule has 82 valence electrons. The molecule has 15 heavy (non-hydrogen) atoms. The quantitative estimate of drug-likeness (QED) is 0.506. The lowest BCUT2D eigenvalue weighted by Crippen LogP contribution is -2.07. The molecule has 1 aromatic carbocycles. The summed E-state index contributed by atoms with van der Waals surface area (Å²) in [5.41, 5.74) is 5.57. The predicted octanol–water partition coefficient (Wildman–Crippen LogP) is 0.733. The van der Waals surface area contributed by atoms with E-state index >= 15 is 0 Å². The summed E-state index contributed by atoms with van der Waals surface area (Å²) >= 11 is 0. The third-order valence-corrected chi connectivity index (χ3v) is 1.89. The molecule has 0 radical (unpaired) electrons. The van der Waals surface area contributed by atoms with Gasteiger partial charge in [0.15, 0.2) is 0 Å². The molecular weight excluding hydrogens is 198 g/mol. The van der Waals surface area contributed by atoms with Crippen LogP contribution in [-0.4, -0.2) is 22.8 Å². The molecule has 0 heterocycles. The standard InChI is InChI=1S/C10H13NO4/c1-2-15-10(14)8-4-7(12)3-6(5-11)9(8)13/h3-4,12-13H,2,5,11H2,1H3. The largest absolute Gasteiger partial charge is 0.508 e. The topological polar surface area (TPSA) is 92.8 Å². The monoisotopic (exact) mass is 211 g/mol. The summed E-state index contributed by atoms with van der Waals surface area (Å²) in [5.74, 6) is -1.05. The molecule has 0 spiro atoms. The first-order valence-corrected chi connectivity index (χ1v) is 4.52. The summed E-state index contributed by atoms with van der Waals surface area (Å²) in [6.07, 6.45) is 0. The maximum absolute atomic E-state index is 11.4. The third-order valence-electron chi connectivity index (χ3n) is 1.89. The first-order chi connectivity index (χ1) is 7.10. The second kappa shape index (κ2) is 4.65. The van der Waals surface area contributed by atoms with Crippen LogP contribution in [0.2, 0.25) is 0 Å². The van der Waals surface area contributed by atoms with E-state index in [1.54, 1.807) is 6.92 Å². The van der Waals surface area contributed by atoms with Crippen molar-refractivity contribution in [3.63, 3.8) is 0 Å². The Labute approximate surface area is 87.1 Å². The number of phenols is 2. The molecule has 0 aliphatic carbocycles. The van der Waals surface area contributed by atoms with E-state index in [1.807, 2.05) is 0 Å². The van der Waals surface area contributed by atoms with Crippen molar-refractivity contribution in [2.24, 2.45) is 5.73 Å². The number of esters is 1. The second-order valence-electron chi connectivity index (χ2n) is 2.93. The van der Waals surface area contributed by atoms with E-state index in [9.17, 15) is 15.0 Å². The van der Waals surface area contributed by atoms with Gasteiger partial charge in [0, 0.05) is 12.1 Å². The van der Waals surface area contributed by atoms with Gasteiger partial charge in [0.05, 0.1) is 6.61 Å². The van der Waals surface area contributed by atoms with Gasteiger partial charge in [-0.15, -0.1) is 0 Å². The molecule has 5 heteroatoms. The Bertz CT molecular complexity index is 376. The summed E-state index contributed by atoms with van der Waals surface area (Å²) in [5, 5.41) is 18.9. The predicted molar refractivity (Wildman–Crippen MR) is 53.6 cm³/mol. The van der Waals surface area contributed by atoms with Gasteiger partial charge in [-0.05, 0) is 19.1 Å². The smallest absolute Gasteiger partial charge is 0.342 e. The number of rotatable bonds is 3. The van der Waals surface area contributed by atoms with E-state index in [4.69, 9.17) is 10.5 Å². The first-order valence-electron chi connectivity index (χ1n) is 4.52. The summed E-state index contributed by atoms with van der Waals surface area (Å²) in [7, 11) is 0. The number of carbonyl (C=O) groups excluding carboxylic acids is 1. The SMILES string of the molecule is CCOC(=O)c1cc(O)cc(CN)c1O. The molecule has 0 unspecified atom stereocenters. The van der Waals surface area contributed by atoms with Crippen molar-refractivity contribution in [2.75, 3.05) is 6.61 Å². The van der Waals surface area contributed by atoms with Crippen molar-refractivity contribution >= 4 is 5.97 Å². The Morgan fingerprint density at radius 2 is 2.13 bits per heavy atom. The van der Waals surface area contributed by atoms with Crippen LogP contribution in [-0.2, 0) is 11.3 Å².